The number of hydrogen-bond acceptors (Lipinski definition) is 3. The first-order chi connectivity index (χ1) is 9.45. The number of pyridine rings is 1. The third-order valence-corrected chi connectivity index (χ3v) is 3.88. The third-order valence-electron chi connectivity index (χ3n) is 3.88. The highest BCUT2D eigenvalue weighted by molar-refractivity contribution is 5.84. The molecule has 5 heteroatoms. The molecule has 1 rings (SSSR count). The summed E-state index contributed by atoms with van der Waals surface area (Å²) in [4.78, 5) is 27.5. The fourth-order valence-electron chi connectivity index (χ4n) is 2.13. The number of hydrogen-bond donors (Lipinski definition) is 2. The molecule has 0 saturated carbocycles. The molecule has 0 fully saturated rings. The Morgan fingerprint density at radius 1 is 1.35 bits per heavy atom. The lowest BCUT2D eigenvalue weighted by Crippen LogP contribution is -2.36. The van der Waals surface area contributed by atoms with Gasteiger partial charge in [0.1, 0.15) is 0 Å². The zero-order chi connectivity index (χ0) is 15.2. The molecule has 0 unspecified atom stereocenters. The van der Waals surface area contributed by atoms with Crippen molar-refractivity contribution >= 4 is 11.9 Å². The molecule has 0 aliphatic rings. The molecule has 1 aromatic heterocycles. The lowest BCUT2D eigenvalue weighted by atomic mass is 9.79. The molecule has 20 heavy (non-hydrogen) atoms. The number of nitrogens with zero attached hydrogens (tertiary/aromatic N) is 1. The van der Waals surface area contributed by atoms with Gasteiger partial charge in [0.25, 0.3) is 0 Å². The van der Waals surface area contributed by atoms with Gasteiger partial charge in [0.2, 0.25) is 5.91 Å². The van der Waals surface area contributed by atoms with E-state index in [1.54, 1.807) is 20.0 Å². The van der Waals surface area contributed by atoms with Crippen molar-refractivity contribution in [3.05, 3.63) is 29.6 Å². The van der Waals surface area contributed by atoms with Gasteiger partial charge in [-0.05, 0) is 31.4 Å². The second kappa shape index (κ2) is 7.03. The highest BCUT2D eigenvalue weighted by Crippen LogP contribution is 2.30. The fourth-order valence-corrected chi connectivity index (χ4v) is 2.13. The van der Waals surface area contributed by atoms with Crippen LogP contribution in [0, 0.1) is 12.3 Å². The van der Waals surface area contributed by atoms with E-state index in [0.717, 1.165) is 11.3 Å². The number of carbonyl (C=O) groups excluding carboxylic acids is 1. The SMILES string of the molecule is CCC(CC)(CC(=O)NCc1ncccc1C)C(=O)O. The molecule has 0 atom stereocenters. The highest BCUT2D eigenvalue weighted by atomic mass is 16.4. The Labute approximate surface area is 119 Å². The van der Waals surface area contributed by atoms with Crippen molar-refractivity contribution in [3.63, 3.8) is 0 Å². The van der Waals surface area contributed by atoms with Crippen LogP contribution in [-0.4, -0.2) is 22.0 Å². The maximum Gasteiger partial charge on any atom is 0.310 e. The van der Waals surface area contributed by atoms with E-state index in [0.29, 0.717) is 19.4 Å². The molecule has 1 amide bonds. The normalized spacial score (nSPS) is 11.2. The zero-order valence-electron chi connectivity index (χ0n) is 12.3. The maximum atomic E-state index is 12.0. The summed E-state index contributed by atoms with van der Waals surface area (Å²) in [6.07, 6.45) is 2.55. The van der Waals surface area contributed by atoms with Gasteiger partial charge in [0, 0.05) is 12.6 Å². The predicted octanol–water partition coefficient (Wildman–Crippen LogP) is 2.29. The molecule has 2 N–H and O–H groups in total. The molecule has 0 aliphatic heterocycles. The van der Waals surface area contributed by atoms with Crippen molar-refractivity contribution in [3.8, 4) is 0 Å². The Morgan fingerprint density at radius 3 is 2.50 bits per heavy atom. The van der Waals surface area contributed by atoms with Crippen molar-refractivity contribution in [2.75, 3.05) is 0 Å². The molecule has 110 valence electrons. The number of aliphatic carboxylic acids is 1. The number of aromatic nitrogens is 1. The van der Waals surface area contributed by atoms with Crippen molar-refractivity contribution < 1.29 is 14.7 Å². The van der Waals surface area contributed by atoms with E-state index in [4.69, 9.17) is 0 Å². The Morgan fingerprint density at radius 2 is 2.00 bits per heavy atom. The number of carboxylic acid groups (broad SMARTS) is 1. The Hall–Kier alpha value is -1.91. The zero-order valence-corrected chi connectivity index (χ0v) is 12.3. The molecule has 5 nitrogen and oxygen atoms in total. The third kappa shape index (κ3) is 3.79. The Kier molecular flexibility index (Phi) is 5.67. The maximum absolute atomic E-state index is 12.0. The van der Waals surface area contributed by atoms with Crippen LogP contribution in [-0.2, 0) is 16.1 Å². The summed E-state index contributed by atoms with van der Waals surface area (Å²) >= 11 is 0. The highest BCUT2D eigenvalue weighted by Gasteiger charge is 2.37. The van der Waals surface area contributed by atoms with Gasteiger partial charge in [0.15, 0.2) is 0 Å². The van der Waals surface area contributed by atoms with E-state index in [9.17, 15) is 14.7 Å². The van der Waals surface area contributed by atoms with Crippen molar-refractivity contribution in [1.82, 2.24) is 10.3 Å². The predicted molar refractivity (Wildman–Crippen MR) is 76.1 cm³/mol. The van der Waals surface area contributed by atoms with E-state index >= 15 is 0 Å². The van der Waals surface area contributed by atoms with E-state index in [-0.39, 0.29) is 12.3 Å². The number of carbonyl (C=O) groups is 2. The largest absolute Gasteiger partial charge is 0.481 e. The molecule has 0 saturated heterocycles. The first-order valence-electron chi connectivity index (χ1n) is 6.85. The molecule has 1 heterocycles. The van der Waals surface area contributed by atoms with Gasteiger partial charge in [-0.1, -0.05) is 19.9 Å². The van der Waals surface area contributed by atoms with Gasteiger partial charge in [-0.2, -0.15) is 0 Å². The van der Waals surface area contributed by atoms with Crippen LogP contribution in [0.3, 0.4) is 0 Å². The van der Waals surface area contributed by atoms with E-state index in [1.807, 2.05) is 19.1 Å². The Bertz CT molecular complexity index is 482. The minimum Gasteiger partial charge on any atom is -0.481 e. The lowest BCUT2D eigenvalue weighted by molar-refractivity contribution is -0.152. The van der Waals surface area contributed by atoms with Crippen LogP contribution in [0.1, 0.15) is 44.4 Å². The lowest BCUT2D eigenvalue weighted by Gasteiger charge is -2.25. The molecule has 0 bridgehead atoms. The topological polar surface area (TPSA) is 79.3 Å². The number of nitrogens with one attached hydrogen (secondary N) is 1. The van der Waals surface area contributed by atoms with Crippen LogP contribution in [0.2, 0.25) is 0 Å². The van der Waals surface area contributed by atoms with E-state index in [2.05, 4.69) is 10.3 Å². The standard InChI is InChI=1S/C15H22N2O3/c1-4-15(5-2,14(19)20)9-13(18)17-10-12-11(3)7-6-8-16-12/h6-8H,4-5,9-10H2,1-3H3,(H,17,18)(H,19,20). The van der Waals surface area contributed by atoms with Crippen LogP contribution in [0.25, 0.3) is 0 Å². The number of carboxylic acids is 1. The minimum absolute atomic E-state index is 0.00120. The van der Waals surface area contributed by atoms with Gasteiger partial charge < -0.3 is 10.4 Å². The average molecular weight is 278 g/mol. The van der Waals surface area contributed by atoms with Crippen molar-refractivity contribution in [2.45, 2.75) is 46.6 Å². The van der Waals surface area contributed by atoms with E-state index < -0.39 is 11.4 Å². The number of amides is 1. The van der Waals surface area contributed by atoms with Gasteiger partial charge in [-0.3, -0.25) is 14.6 Å². The van der Waals surface area contributed by atoms with Crippen LogP contribution in [0.15, 0.2) is 18.3 Å². The summed E-state index contributed by atoms with van der Waals surface area (Å²) < 4.78 is 0. The second-order valence-corrected chi connectivity index (χ2v) is 5.01. The summed E-state index contributed by atoms with van der Waals surface area (Å²) in [6.45, 7) is 5.85. The smallest absolute Gasteiger partial charge is 0.310 e. The van der Waals surface area contributed by atoms with Gasteiger partial charge >= 0.3 is 5.97 Å². The summed E-state index contributed by atoms with van der Waals surface area (Å²) in [7, 11) is 0. The summed E-state index contributed by atoms with van der Waals surface area (Å²) in [5, 5.41) is 12.1. The molecule has 0 spiro atoms. The summed E-state index contributed by atoms with van der Waals surface area (Å²) in [5.74, 6) is -1.16. The minimum atomic E-state index is -0.969. The number of aryl methyl sites for hydroxylation is 1. The fraction of sp³-hybridized carbons (Fsp3) is 0.533. The van der Waals surface area contributed by atoms with Gasteiger partial charge in [0.05, 0.1) is 17.7 Å². The molecule has 0 aromatic carbocycles. The van der Waals surface area contributed by atoms with Gasteiger partial charge in [-0.25, -0.2) is 0 Å². The van der Waals surface area contributed by atoms with Crippen molar-refractivity contribution in [2.24, 2.45) is 5.41 Å². The molecule has 0 radical (unpaired) electrons. The number of rotatable bonds is 7. The molecular weight excluding hydrogens is 256 g/mol. The summed E-state index contributed by atoms with van der Waals surface area (Å²) in [5.41, 5.74) is 0.835. The Balaban J connectivity index is 2.64. The first kappa shape index (κ1) is 16.1. The molecule has 0 aliphatic carbocycles. The molecule has 1 aromatic rings. The van der Waals surface area contributed by atoms with E-state index in [1.165, 1.54) is 0 Å². The second-order valence-electron chi connectivity index (χ2n) is 5.01. The monoisotopic (exact) mass is 278 g/mol. The van der Waals surface area contributed by atoms with Gasteiger partial charge in [-0.15, -0.1) is 0 Å². The first-order valence-corrected chi connectivity index (χ1v) is 6.85. The van der Waals surface area contributed by atoms with Crippen LogP contribution >= 0.6 is 0 Å². The average Bonchev–Trinajstić information content (AvgIpc) is 2.43. The molecular formula is C15H22N2O3. The van der Waals surface area contributed by atoms with Crippen LogP contribution in [0.4, 0.5) is 0 Å². The van der Waals surface area contributed by atoms with Crippen LogP contribution < -0.4 is 5.32 Å². The summed E-state index contributed by atoms with van der Waals surface area (Å²) in [6, 6.07) is 3.76. The van der Waals surface area contributed by atoms with Crippen LogP contribution in [0.5, 0.6) is 0 Å². The quantitative estimate of drug-likeness (QED) is 0.802. The van der Waals surface area contributed by atoms with Crippen molar-refractivity contribution in [1.29, 1.82) is 0 Å².